The molecule has 0 aromatic heterocycles. The third kappa shape index (κ3) is 51.3. The highest BCUT2D eigenvalue weighted by Gasteiger charge is 2.17. The lowest BCUT2D eigenvalue weighted by atomic mass is 10.0. The van der Waals surface area contributed by atoms with Gasteiger partial charge in [0.1, 0.15) is 6.61 Å². The molecule has 0 aliphatic heterocycles. The number of hydrogen-bond donors (Lipinski definition) is 0. The summed E-state index contributed by atoms with van der Waals surface area (Å²) in [5.41, 5.74) is 0. The van der Waals surface area contributed by atoms with E-state index in [1.807, 2.05) is 0 Å². The van der Waals surface area contributed by atoms with Gasteiger partial charge in [0.05, 0.1) is 6.61 Å². The van der Waals surface area contributed by atoms with Gasteiger partial charge in [-0.05, 0) is 44.9 Å². The molecule has 0 heterocycles. The fourth-order valence-electron chi connectivity index (χ4n) is 8.57. The summed E-state index contributed by atoms with van der Waals surface area (Å²) in [7, 11) is 0. The second-order valence-electron chi connectivity index (χ2n) is 19.2. The van der Waals surface area contributed by atoms with Crippen molar-refractivity contribution in [2.24, 2.45) is 0 Å². The summed E-state index contributed by atoms with van der Waals surface area (Å²) in [4.78, 5) is 25.5. The first-order valence-corrected chi connectivity index (χ1v) is 28.2. The quantitative estimate of drug-likeness (QED) is 0.0346. The standard InChI is InChI=1S/C57H110O5/c1-4-7-10-13-16-19-22-25-28-31-34-37-40-43-46-49-52-60-53-55(62-57(59)51-48-45-42-39-36-33-30-27-24-21-18-15-12-9-6-3)54-61-56(58)50-47-44-41-38-35-32-29-26-23-20-17-14-11-8-5-2/h21,24,55H,4-20,22-23,25-54H2,1-3H3/b24-21-/t55-/m1/s1. The zero-order valence-corrected chi connectivity index (χ0v) is 42.4. The minimum atomic E-state index is -0.529. The van der Waals surface area contributed by atoms with Gasteiger partial charge in [0.15, 0.2) is 6.10 Å². The summed E-state index contributed by atoms with van der Waals surface area (Å²) in [5, 5.41) is 0. The lowest BCUT2D eigenvalue weighted by Gasteiger charge is -2.18. The second-order valence-corrected chi connectivity index (χ2v) is 19.2. The summed E-state index contributed by atoms with van der Waals surface area (Å²) in [5.74, 6) is -0.377. The highest BCUT2D eigenvalue weighted by Crippen LogP contribution is 2.17. The first kappa shape index (κ1) is 60.6. The van der Waals surface area contributed by atoms with Crippen LogP contribution in [0.15, 0.2) is 12.2 Å². The van der Waals surface area contributed by atoms with Gasteiger partial charge in [0, 0.05) is 19.4 Å². The smallest absolute Gasteiger partial charge is 0.306 e. The topological polar surface area (TPSA) is 61.8 Å². The van der Waals surface area contributed by atoms with E-state index in [0.717, 1.165) is 32.1 Å². The Balaban J connectivity index is 4.21. The van der Waals surface area contributed by atoms with Crippen molar-refractivity contribution in [1.82, 2.24) is 0 Å². The first-order valence-electron chi connectivity index (χ1n) is 28.2. The molecular weight excluding hydrogens is 765 g/mol. The molecule has 0 saturated heterocycles. The summed E-state index contributed by atoms with van der Waals surface area (Å²) in [6.45, 7) is 7.89. The van der Waals surface area contributed by atoms with Crippen molar-refractivity contribution in [3.8, 4) is 0 Å². The van der Waals surface area contributed by atoms with Crippen molar-refractivity contribution in [3.63, 3.8) is 0 Å². The number of ether oxygens (including phenoxy) is 3. The molecule has 62 heavy (non-hydrogen) atoms. The van der Waals surface area contributed by atoms with Crippen molar-refractivity contribution < 1.29 is 23.8 Å². The summed E-state index contributed by atoms with van der Waals surface area (Å²) < 4.78 is 17.5. The highest BCUT2D eigenvalue weighted by molar-refractivity contribution is 5.70. The maximum absolute atomic E-state index is 12.8. The van der Waals surface area contributed by atoms with E-state index in [9.17, 15) is 9.59 Å². The number of esters is 2. The van der Waals surface area contributed by atoms with Crippen LogP contribution in [-0.2, 0) is 23.8 Å². The maximum atomic E-state index is 12.8. The number of allylic oxidation sites excluding steroid dienone is 2. The van der Waals surface area contributed by atoms with Gasteiger partial charge in [0.25, 0.3) is 0 Å². The number of carbonyl (C=O) groups excluding carboxylic acids is 2. The van der Waals surface area contributed by atoms with Gasteiger partial charge >= 0.3 is 11.9 Å². The molecule has 0 saturated carbocycles. The monoisotopic (exact) mass is 875 g/mol. The first-order chi connectivity index (χ1) is 30.6. The predicted molar refractivity (Wildman–Crippen MR) is 270 cm³/mol. The predicted octanol–water partition coefficient (Wildman–Crippen LogP) is 19.0. The SMILES string of the molecule is CCCCCC/C=C\CCCCCCCCCC(=O)O[C@H](COCCCCCCCCCCCCCCCCCC)COC(=O)CCCCCCCCCCCCCCCCC. The molecule has 5 heteroatoms. The van der Waals surface area contributed by atoms with Crippen LogP contribution >= 0.6 is 0 Å². The molecule has 1 atom stereocenters. The van der Waals surface area contributed by atoms with Crippen LogP contribution in [0.5, 0.6) is 0 Å². The van der Waals surface area contributed by atoms with Gasteiger partial charge in [0.2, 0.25) is 0 Å². The Labute approximate surface area is 388 Å². The third-order valence-corrected chi connectivity index (χ3v) is 12.8. The van der Waals surface area contributed by atoms with Crippen molar-refractivity contribution >= 4 is 11.9 Å². The Morgan fingerprint density at radius 1 is 0.339 bits per heavy atom. The Hall–Kier alpha value is -1.36. The molecule has 0 aromatic carbocycles. The van der Waals surface area contributed by atoms with Gasteiger partial charge in [-0.15, -0.1) is 0 Å². The zero-order chi connectivity index (χ0) is 44.9. The second kappa shape index (κ2) is 54.0. The largest absolute Gasteiger partial charge is 0.462 e. The van der Waals surface area contributed by atoms with Crippen LogP contribution in [0.1, 0.15) is 316 Å². The molecule has 0 fully saturated rings. The van der Waals surface area contributed by atoms with Gasteiger partial charge in [-0.25, -0.2) is 0 Å². The molecule has 0 spiro atoms. The van der Waals surface area contributed by atoms with Crippen molar-refractivity contribution in [1.29, 1.82) is 0 Å². The number of unbranched alkanes of at least 4 members (excludes halogenated alkanes) is 40. The van der Waals surface area contributed by atoms with E-state index in [1.165, 1.54) is 250 Å². The van der Waals surface area contributed by atoms with E-state index in [0.29, 0.717) is 26.1 Å². The molecule has 5 nitrogen and oxygen atoms in total. The van der Waals surface area contributed by atoms with Crippen LogP contribution in [0.3, 0.4) is 0 Å². The highest BCUT2D eigenvalue weighted by atomic mass is 16.6. The Morgan fingerprint density at radius 3 is 1.00 bits per heavy atom. The molecule has 368 valence electrons. The Kier molecular flexibility index (Phi) is 52.8. The molecule has 0 radical (unpaired) electrons. The van der Waals surface area contributed by atoms with Crippen LogP contribution in [0, 0.1) is 0 Å². The van der Waals surface area contributed by atoms with E-state index >= 15 is 0 Å². The lowest BCUT2D eigenvalue weighted by Crippen LogP contribution is -2.30. The molecule has 0 N–H and O–H groups in total. The van der Waals surface area contributed by atoms with Crippen molar-refractivity contribution in [2.75, 3.05) is 19.8 Å². The van der Waals surface area contributed by atoms with E-state index in [-0.39, 0.29) is 18.5 Å². The average Bonchev–Trinajstić information content (AvgIpc) is 3.27. The molecule has 0 bridgehead atoms. The fraction of sp³-hybridized carbons (Fsp3) is 0.930. The van der Waals surface area contributed by atoms with Crippen LogP contribution in [0.4, 0.5) is 0 Å². The summed E-state index contributed by atoms with van der Waals surface area (Å²) in [6, 6.07) is 0. The van der Waals surface area contributed by atoms with Gasteiger partial charge in [-0.1, -0.05) is 270 Å². The normalized spacial score (nSPS) is 12.1. The molecule has 0 rings (SSSR count). The van der Waals surface area contributed by atoms with E-state index in [4.69, 9.17) is 14.2 Å². The zero-order valence-electron chi connectivity index (χ0n) is 42.4. The number of rotatable bonds is 53. The van der Waals surface area contributed by atoms with Crippen molar-refractivity contribution in [3.05, 3.63) is 12.2 Å². The molecular formula is C57H110O5. The Bertz CT molecular complexity index is 902. The summed E-state index contributed by atoms with van der Waals surface area (Å²) >= 11 is 0. The van der Waals surface area contributed by atoms with Crippen LogP contribution < -0.4 is 0 Å². The fourth-order valence-corrected chi connectivity index (χ4v) is 8.57. The summed E-state index contributed by atoms with van der Waals surface area (Å²) in [6.07, 6.45) is 62.2. The van der Waals surface area contributed by atoms with Crippen LogP contribution in [-0.4, -0.2) is 37.9 Å². The Morgan fingerprint density at radius 2 is 0.629 bits per heavy atom. The number of hydrogen-bond acceptors (Lipinski definition) is 5. The molecule has 0 aliphatic rings. The maximum Gasteiger partial charge on any atom is 0.306 e. The molecule has 0 aromatic rings. The van der Waals surface area contributed by atoms with E-state index in [1.54, 1.807) is 0 Å². The number of carbonyl (C=O) groups is 2. The average molecular weight is 876 g/mol. The van der Waals surface area contributed by atoms with E-state index in [2.05, 4.69) is 32.9 Å². The molecule has 0 amide bonds. The lowest BCUT2D eigenvalue weighted by molar-refractivity contribution is -0.163. The molecule has 0 aliphatic carbocycles. The minimum Gasteiger partial charge on any atom is -0.462 e. The van der Waals surface area contributed by atoms with Crippen molar-refractivity contribution in [2.45, 2.75) is 322 Å². The van der Waals surface area contributed by atoms with Gasteiger partial charge in [-0.3, -0.25) is 9.59 Å². The molecule has 0 unspecified atom stereocenters. The van der Waals surface area contributed by atoms with Gasteiger partial charge in [-0.2, -0.15) is 0 Å². The van der Waals surface area contributed by atoms with Crippen LogP contribution in [0.25, 0.3) is 0 Å². The minimum absolute atomic E-state index is 0.0936. The third-order valence-electron chi connectivity index (χ3n) is 12.8. The van der Waals surface area contributed by atoms with Crippen LogP contribution in [0.2, 0.25) is 0 Å². The van der Waals surface area contributed by atoms with Gasteiger partial charge < -0.3 is 14.2 Å². The van der Waals surface area contributed by atoms with E-state index < -0.39 is 6.10 Å².